The van der Waals surface area contributed by atoms with Crippen molar-refractivity contribution in [3.8, 4) is 5.75 Å². The van der Waals surface area contributed by atoms with E-state index in [-0.39, 0.29) is 23.9 Å². The molecule has 0 bridgehead atoms. The number of nitrogens with one attached hydrogen (secondary N) is 1. The first kappa shape index (κ1) is 27.2. The number of ether oxygens (including phenoxy) is 1. The fourth-order valence-corrected chi connectivity index (χ4v) is 3.97. The second-order valence-corrected chi connectivity index (χ2v) is 7.99. The van der Waals surface area contributed by atoms with Crippen LogP contribution in [0.2, 0.25) is 5.02 Å². The van der Waals surface area contributed by atoms with Crippen molar-refractivity contribution in [2.45, 2.75) is 57.3 Å². The highest BCUT2D eigenvalue weighted by molar-refractivity contribution is 6.30. The Labute approximate surface area is 194 Å². The lowest BCUT2D eigenvalue weighted by molar-refractivity contribution is -0.145. The Balaban J connectivity index is 0.00000240. The van der Waals surface area contributed by atoms with Crippen LogP contribution in [0.3, 0.4) is 0 Å². The SMILES string of the molecule is CCC(Oc1ccc2c(c1)C[C@@H](NC[C@H](O)c1cccc(Cl)c1)CCC2)C(=O)O.Cl.O. The zero-order valence-electron chi connectivity index (χ0n) is 17.5. The van der Waals surface area contributed by atoms with Gasteiger partial charge in [-0.05, 0) is 73.1 Å². The van der Waals surface area contributed by atoms with E-state index in [1.807, 2.05) is 30.3 Å². The molecule has 0 heterocycles. The number of hydrogen-bond donors (Lipinski definition) is 3. The first-order chi connectivity index (χ1) is 14.0. The molecule has 0 saturated heterocycles. The van der Waals surface area contributed by atoms with Crippen molar-refractivity contribution in [3.05, 3.63) is 64.2 Å². The van der Waals surface area contributed by atoms with Gasteiger partial charge in [-0.25, -0.2) is 4.79 Å². The molecule has 0 fully saturated rings. The number of aliphatic hydroxyl groups excluding tert-OH is 1. The molecule has 8 heteroatoms. The molecule has 31 heavy (non-hydrogen) atoms. The summed E-state index contributed by atoms with van der Waals surface area (Å²) in [5, 5.41) is 23.8. The van der Waals surface area contributed by atoms with Crippen LogP contribution in [0, 0.1) is 0 Å². The van der Waals surface area contributed by atoms with Crippen molar-refractivity contribution < 1.29 is 25.2 Å². The summed E-state index contributed by atoms with van der Waals surface area (Å²) in [6, 6.07) is 13.4. The lowest BCUT2D eigenvalue weighted by Crippen LogP contribution is -2.34. The molecule has 172 valence electrons. The molecule has 0 radical (unpaired) electrons. The van der Waals surface area contributed by atoms with Crippen LogP contribution in [0.15, 0.2) is 42.5 Å². The summed E-state index contributed by atoms with van der Waals surface area (Å²) in [5.74, 6) is -0.352. The van der Waals surface area contributed by atoms with E-state index >= 15 is 0 Å². The molecule has 2 aromatic carbocycles. The summed E-state index contributed by atoms with van der Waals surface area (Å²) in [6.45, 7) is 2.25. The van der Waals surface area contributed by atoms with E-state index < -0.39 is 18.2 Å². The van der Waals surface area contributed by atoms with Crippen molar-refractivity contribution in [2.75, 3.05) is 6.54 Å². The van der Waals surface area contributed by atoms with Crippen molar-refractivity contribution in [3.63, 3.8) is 0 Å². The number of carboxylic acids is 1. The number of hydrogen-bond acceptors (Lipinski definition) is 4. The molecular weight excluding hydrogens is 441 g/mol. The molecule has 0 spiro atoms. The molecular formula is C23H31Cl2NO5. The van der Waals surface area contributed by atoms with Gasteiger partial charge in [0.15, 0.2) is 6.10 Å². The van der Waals surface area contributed by atoms with E-state index in [2.05, 4.69) is 5.32 Å². The summed E-state index contributed by atoms with van der Waals surface area (Å²) in [4.78, 5) is 11.3. The molecule has 1 aliphatic rings. The summed E-state index contributed by atoms with van der Waals surface area (Å²) in [5.41, 5.74) is 3.25. The minimum absolute atomic E-state index is 0. The second-order valence-electron chi connectivity index (χ2n) is 7.56. The molecule has 6 nitrogen and oxygen atoms in total. The van der Waals surface area contributed by atoms with E-state index in [1.54, 1.807) is 19.1 Å². The molecule has 5 N–H and O–H groups in total. The van der Waals surface area contributed by atoms with Crippen molar-refractivity contribution >= 4 is 30.0 Å². The highest BCUT2D eigenvalue weighted by Crippen LogP contribution is 2.26. The quantitative estimate of drug-likeness (QED) is 0.507. The standard InChI is InChI=1S/C23H28ClNO4.ClH.H2O/c1-2-22(23(27)28)29-20-10-9-15-5-4-8-19(12-17(15)13-20)25-14-21(26)16-6-3-7-18(24)11-16;;/h3,6-7,9-11,13,19,21-22,25-26H,2,4-5,8,12,14H2,1H3,(H,27,28);1H;1H2/t19-,21-,22?;;/m0../s1. The first-order valence-corrected chi connectivity index (χ1v) is 10.5. The fraction of sp³-hybridized carbons (Fsp3) is 0.435. The maximum Gasteiger partial charge on any atom is 0.344 e. The van der Waals surface area contributed by atoms with E-state index in [4.69, 9.17) is 16.3 Å². The summed E-state index contributed by atoms with van der Waals surface area (Å²) < 4.78 is 5.66. The number of rotatable bonds is 8. The summed E-state index contributed by atoms with van der Waals surface area (Å²) >= 11 is 6.02. The number of fused-ring (bicyclic) bond motifs is 1. The summed E-state index contributed by atoms with van der Waals surface area (Å²) in [6.07, 6.45) is 2.84. The zero-order chi connectivity index (χ0) is 20.8. The Kier molecular flexibility index (Phi) is 11.3. The Bertz CT molecular complexity index is 848. The van der Waals surface area contributed by atoms with Crippen LogP contribution in [-0.4, -0.2) is 40.3 Å². The van der Waals surface area contributed by atoms with Gasteiger partial charge in [-0.15, -0.1) is 12.4 Å². The van der Waals surface area contributed by atoms with Crippen LogP contribution in [-0.2, 0) is 17.6 Å². The third-order valence-electron chi connectivity index (χ3n) is 5.40. The molecule has 3 atom stereocenters. The minimum atomic E-state index is -0.947. The highest BCUT2D eigenvalue weighted by Gasteiger charge is 2.21. The first-order valence-electron chi connectivity index (χ1n) is 10.1. The topological polar surface area (TPSA) is 110 Å². The lowest BCUT2D eigenvalue weighted by Gasteiger charge is -2.20. The van der Waals surface area contributed by atoms with Gasteiger partial charge in [-0.2, -0.15) is 0 Å². The maximum absolute atomic E-state index is 11.3. The largest absolute Gasteiger partial charge is 0.479 e. The minimum Gasteiger partial charge on any atom is -0.479 e. The monoisotopic (exact) mass is 471 g/mol. The Morgan fingerprint density at radius 2 is 2.03 bits per heavy atom. The molecule has 0 aromatic heterocycles. The smallest absolute Gasteiger partial charge is 0.344 e. The Hall–Kier alpha value is -1.83. The second kappa shape index (κ2) is 12.9. The predicted octanol–water partition coefficient (Wildman–Crippen LogP) is 3.75. The lowest BCUT2D eigenvalue weighted by atomic mass is 10.0. The highest BCUT2D eigenvalue weighted by atomic mass is 35.5. The van der Waals surface area contributed by atoms with E-state index in [1.165, 1.54) is 11.1 Å². The van der Waals surface area contributed by atoms with Crippen LogP contribution < -0.4 is 10.1 Å². The molecule has 0 amide bonds. The zero-order valence-corrected chi connectivity index (χ0v) is 19.1. The number of carboxylic acid groups (broad SMARTS) is 1. The number of aliphatic hydroxyl groups is 1. The molecule has 1 unspecified atom stereocenters. The third-order valence-corrected chi connectivity index (χ3v) is 5.64. The van der Waals surface area contributed by atoms with E-state index in [9.17, 15) is 15.0 Å². The Morgan fingerprint density at radius 3 is 2.71 bits per heavy atom. The van der Waals surface area contributed by atoms with Crippen molar-refractivity contribution in [2.24, 2.45) is 0 Å². The number of carbonyl (C=O) groups is 1. The van der Waals surface area contributed by atoms with Crippen molar-refractivity contribution in [1.29, 1.82) is 0 Å². The van der Waals surface area contributed by atoms with Crippen LogP contribution >= 0.6 is 24.0 Å². The normalized spacial score (nSPS) is 17.2. The third kappa shape index (κ3) is 7.66. The number of halogens is 2. The summed E-state index contributed by atoms with van der Waals surface area (Å²) in [7, 11) is 0. The van der Waals surface area contributed by atoms with Crippen LogP contribution in [0.1, 0.15) is 49.0 Å². The van der Waals surface area contributed by atoms with Crippen LogP contribution in [0.25, 0.3) is 0 Å². The fourth-order valence-electron chi connectivity index (χ4n) is 3.77. The molecule has 0 aliphatic heterocycles. The molecule has 1 aliphatic carbocycles. The van der Waals surface area contributed by atoms with Gasteiger partial charge in [0.25, 0.3) is 0 Å². The number of aryl methyl sites for hydroxylation is 1. The van der Waals surface area contributed by atoms with Crippen molar-refractivity contribution in [1.82, 2.24) is 5.32 Å². The predicted molar refractivity (Wildman–Crippen MR) is 124 cm³/mol. The average Bonchev–Trinajstić information content (AvgIpc) is 2.91. The van der Waals surface area contributed by atoms with Crippen LogP contribution in [0.5, 0.6) is 5.75 Å². The van der Waals surface area contributed by atoms with Gasteiger partial charge in [0.1, 0.15) is 5.75 Å². The maximum atomic E-state index is 11.3. The molecule has 3 rings (SSSR count). The number of aliphatic carboxylic acids is 1. The van der Waals surface area contributed by atoms with Gasteiger partial charge in [-0.3, -0.25) is 0 Å². The van der Waals surface area contributed by atoms with E-state index in [0.29, 0.717) is 23.7 Å². The van der Waals surface area contributed by atoms with E-state index in [0.717, 1.165) is 31.2 Å². The van der Waals surface area contributed by atoms with Crippen LogP contribution in [0.4, 0.5) is 0 Å². The van der Waals surface area contributed by atoms with Gasteiger partial charge in [0.05, 0.1) is 6.10 Å². The number of benzene rings is 2. The van der Waals surface area contributed by atoms with Gasteiger partial charge >= 0.3 is 5.97 Å². The van der Waals surface area contributed by atoms with Gasteiger partial charge in [-0.1, -0.05) is 36.7 Å². The van der Waals surface area contributed by atoms with Gasteiger partial charge in [0.2, 0.25) is 0 Å². The molecule has 2 aromatic rings. The van der Waals surface area contributed by atoms with Gasteiger partial charge in [0, 0.05) is 17.6 Å². The van der Waals surface area contributed by atoms with Gasteiger partial charge < -0.3 is 25.7 Å². The Morgan fingerprint density at radius 1 is 1.26 bits per heavy atom. The average molecular weight is 472 g/mol. The molecule has 0 saturated carbocycles.